The van der Waals surface area contributed by atoms with Gasteiger partial charge in [0.2, 0.25) is 0 Å². The quantitative estimate of drug-likeness (QED) is 0.720. The summed E-state index contributed by atoms with van der Waals surface area (Å²) in [5.41, 5.74) is -0.174. The SMILES string of the molecule is CCN(CC)CC(=O)c1cc(F)ccc1F. The molecule has 1 rings (SSSR count). The average molecular weight is 227 g/mol. The van der Waals surface area contributed by atoms with Crippen LogP contribution in [0.3, 0.4) is 0 Å². The van der Waals surface area contributed by atoms with E-state index >= 15 is 0 Å². The molecular formula is C12H15F2NO. The Labute approximate surface area is 93.9 Å². The largest absolute Gasteiger partial charge is 0.296 e. The number of hydrogen-bond donors (Lipinski definition) is 0. The Morgan fingerprint density at radius 3 is 2.44 bits per heavy atom. The highest BCUT2D eigenvalue weighted by molar-refractivity contribution is 5.97. The molecule has 2 nitrogen and oxygen atoms in total. The first kappa shape index (κ1) is 12.8. The second kappa shape index (κ2) is 5.70. The van der Waals surface area contributed by atoms with Crippen LogP contribution in [-0.2, 0) is 0 Å². The van der Waals surface area contributed by atoms with Crippen LogP contribution in [0, 0.1) is 11.6 Å². The maximum atomic E-state index is 13.3. The summed E-state index contributed by atoms with van der Waals surface area (Å²) in [6.07, 6.45) is 0. The number of rotatable bonds is 5. The minimum Gasteiger partial charge on any atom is -0.296 e. The molecule has 0 bridgehead atoms. The van der Waals surface area contributed by atoms with Crippen molar-refractivity contribution in [1.82, 2.24) is 4.90 Å². The van der Waals surface area contributed by atoms with Crippen molar-refractivity contribution in [2.45, 2.75) is 13.8 Å². The van der Waals surface area contributed by atoms with E-state index in [4.69, 9.17) is 0 Å². The van der Waals surface area contributed by atoms with Gasteiger partial charge in [0.25, 0.3) is 0 Å². The second-order valence-electron chi connectivity index (χ2n) is 3.51. The molecule has 88 valence electrons. The van der Waals surface area contributed by atoms with Gasteiger partial charge in [0.1, 0.15) is 11.6 Å². The number of Topliss-reactive ketones (excluding diaryl/α,β-unsaturated/α-hetero) is 1. The molecule has 1 aromatic rings. The lowest BCUT2D eigenvalue weighted by atomic mass is 10.1. The molecule has 16 heavy (non-hydrogen) atoms. The first-order valence-corrected chi connectivity index (χ1v) is 5.29. The molecule has 0 fully saturated rings. The molecule has 0 unspecified atom stereocenters. The molecule has 0 radical (unpaired) electrons. The number of benzene rings is 1. The summed E-state index contributed by atoms with van der Waals surface area (Å²) in [6, 6.07) is 2.93. The highest BCUT2D eigenvalue weighted by Gasteiger charge is 2.14. The first-order chi connectivity index (χ1) is 7.58. The van der Waals surface area contributed by atoms with Gasteiger partial charge in [-0.25, -0.2) is 8.78 Å². The van der Waals surface area contributed by atoms with Crippen molar-refractivity contribution in [3.63, 3.8) is 0 Å². The number of halogens is 2. The monoisotopic (exact) mass is 227 g/mol. The van der Waals surface area contributed by atoms with Crippen molar-refractivity contribution in [1.29, 1.82) is 0 Å². The van der Waals surface area contributed by atoms with Crippen molar-refractivity contribution in [3.8, 4) is 0 Å². The van der Waals surface area contributed by atoms with Crippen LogP contribution < -0.4 is 0 Å². The van der Waals surface area contributed by atoms with Crippen molar-refractivity contribution >= 4 is 5.78 Å². The van der Waals surface area contributed by atoms with Gasteiger partial charge in [0, 0.05) is 0 Å². The minimum atomic E-state index is -0.668. The van der Waals surface area contributed by atoms with Crippen LogP contribution in [0.15, 0.2) is 18.2 Å². The van der Waals surface area contributed by atoms with Gasteiger partial charge in [0.15, 0.2) is 5.78 Å². The molecule has 0 saturated heterocycles. The third-order valence-electron chi connectivity index (χ3n) is 2.49. The zero-order valence-electron chi connectivity index (χ0n) is 9.46. The highest BCUT2D eigenvalue weighted by Crippen LogP contribution is 2.11. The number of nitrogens with zero attached hydrogens (tertiary/aromatic N) is 1. The summed E-state index contributed by atoms with van der Waals surface area (Å²) >= 11 is 0. The third-order valence-corrected chi connectivity index (χ3v) is 2.49. The predicted molar refractivity (Wildman–Crippen MR) is 58.5 cm³/mol. The predicted octanol–water partition coefficient (Wildman–Crippen LogP) is 2.49. The fourth-order valence-electron chi connectivity index (χ4n) is 1.45. The van der Waals surface area contributed by atoms with Crippen LogP contribution >= 0.6 is 0 Å². The van der Waals surface area contributed by atoms with Crippen molar-refractivity contribution in [3.05, 3.63) is 35.4 Å². The number of carbonyl (C=O) groups is 1. The number of likely N-dealkylation sites (N-methyl/N-ethyl adjacent to an activating group) is 1. The van der Waals surface area contributed by atoms with Gasteiger partial charge in [-0.15, -0.1) is 0 Å². The number of hydrogen-bond acceptors (Lipinski definition) is 2. The number of ketones is 1. The lowest BCUT2D eigenvalue weighted by Crippen LogP contribution is -2.29. The van der Waals surface area contributed by atoms with Crippen LogP contribution in [0.2, 0.25) is 0 Å². The average Bonchev–Trinajstić information content (AvgIpc) is 2.28. The lowest BCUT2D eigenvalue weighted by Gasteiger charge is -2.16. The molecule has 0 heterocycles. The molecule has 0 saturated carbocycles. The summed E-state index contributed by atoms with van der Waals surface area (Å²) in [5, 5.41) is 0. The molecule has 0 spiro atoms. The molecule has 0 N–H and O–H groups in total. The summed E-state index contributed by atoms with van der Waals surface area (Å²) in [7, 11) is 0. The normalized spacial score (nSPS) is 10.8. The third kappa shape index (κ3) is 3.10. The van der Waals surface area contributed by atoms with Crippen LogP contribution in [0.4, 0.5) is 8.78 Å². The zero-order chi connectivity index (χ0) is 12.1. The van der Waals surface area contributed by atoms with Gasteiger partial charge >= 0.3 is 0 Å². The molecule has 1 aromatic carbocycles. The molecular weight excluding hydrogens is 212 g/mol. The molecule has 0 aromatic heterocycles. The smallest absolute Gasteiger partial charge is 0.179 e. The van der Waals surface area contributed by atoms with Gasteiger partial charge in [-0.3, -0.25) is 9.69 Å². The lowest BCUT2D eigenvalue weighted by molar-refractivity contribution is 0.0933. The van der Waals surface area contributed by atoms with Crippen LogP contribution in [0.1, 0.15) is 24.2 Å². The van der Waals surface area contributed by atoms with E-state index in [9.17, 15) is 13.6 Å². The maximum absolute atomic E-state index is 13.3. The molecule has 0 aliphatic carbocycles. The van der Waals surface area contributed by atoms with E-state index in [0.29, 0.717) is 13.1 Å². The van der Waals surface area contributed by atoms with E-state index in [1.54, 1.807) is 0 Å². The zero-order valence-corrected chi connectivity index (χ0v) is 9.46. The van der Waals surface area contributed by atoms with Gasteiger partial charge < -0.3 is 0 Å². The van der Waals surface area contributed by atoms with E-state index < -0.39 is 11.6 Å². The molecule has 4 heteroatoms. The topological polar surface area (TPSA) is 20.3 Å². The van der Waals surface area contributed by atoms with Crippen molar-refractivity contribution in [2.24, 2.45) is 0 Å². The molecule has 0 aliphatic heterocycles. The van der Waals surface area contributed by atoms with Gasteiger partial charge in [0.05, 0.1) is 12.1 Å². The maximum Gasteiger partial charge on any atom is 0.179 e. The minimum absolute atomic E-state index is 0.118. The van der Waals surface area contributed by atoms with Crippen LogP contribution in [-0.4, -0.2) is 30.3 Å². The van der Waals surface area contributed by atoms with E-state index in [1.807, 2.05) is 18.7 Å². The van der Waals surface area contributed by atoms with Gasteiger partial charge in [-0.2, -0.15) is 0 Å². The summed E-state index contributed by atoms with van der Waals surface area (Å²) in [4.78, 5) is 13.6. The Morgan fingerprint density at radius 2 is 1.88 bits per heavy atom. The molecule has 0 aliphatic rings. The van der Waals surface area contributed by atoms with Gasteiger partial charge in [-0.05, 0) is 31.3 Å². The summed E-state index contributed by atoms with van der Waals surface area (Å²) < 4.78 is 26.1. The van der Waals surface area contributed by atoms with E-state index in [0.717, 1.165) is 18.2 Å². The Hall–Kier alpha value is -1.29. The van der Waals surface area contributed by atoms with E-state index in [1.165, 1.54) is 0 Å². The summed E-state index contributed by atoms with van der Waals surface area (Å²) in [6.45, 7) is 5.36. The number of carbonyl (C=O) groups excluding carboxylic acids is 1. The fraction of sp³-hybridized carbons (Fsp3) is 0.417. The highest BCUT2D eigenvalue weighted by atomic mass is 19.1. The van der Waals surface area contributed by atoms with Crippen LogP contribution in [0.25, 0.3) is 0 Å². The second-order valence-corrected chi connectivity index (χ2v) is 3.51. The van der Waals surface area contributed by atoms with Crippen molar-refractivity contribution < 1.29 is 13.6 Å². The van der Waals surface area contributed by atoms with Gasteiger partial charge in [-0.1, -0.05) is 13.8 Å². The Kier molecular flexibility index (Phi) is 4.55. The van der Waals surface area contributed by atoms with E-state index in [2.05, 4.69) is 0 Å². The standard InChI is InChI=1S/C12H15F2NO/c1-3-15(4-2)8-12(16)10-7-9(13)5-6-11(10)14/h5-7H,3-4,8H2,1-2H3. The summed E-state index contributed by atoms with van der Waals surface area (Å²) in [5.74, 6) is -1.65. The van der Waals surface area contributed by atoms with Crippen molar-refractivity contribution in [2.75, 3.05) is 19.6 Å². The van der Waals surface area contributed by atoms with Crippen LogP contribution in [0.5, 0.6) is 0 Å². The Balaban J connectivity index is 2.83. The van der Waals surface area contributed by atoms with E-state index in [-0.39, 0.29) is 17.9 Å². The Morgan fingerprint density at radius 1 is 1.25 bits per heavy atom. The Bertz CT molecular complexity index is 375. The fourth-order valence-corrected chi connectivity index (χ4v) is 1.45. The molecule has 0 amide bonds. The molecule has 0 atom stereocenters. The first-order valence-electron chi connectivity index (χ1n) is 5.29.